The maximum absolute atomic E-state index is 12.6. The highest BCUT2D eigenvalue weighted by Gasteiger charge is 2.32. The summed E-state index contributed by atoms with van der Waals surface area (Å²) in [6.07, 6.45) is 0.894. The van der Waals surface area contributed by atoms with Crippen LogP contribution in [0.25, 0.3) is 0 Å². The Kier molecular flexibility index (Phi) is 9.34. The van der Waals surface area contributed by atoms with Crippen molar-refractivity contribution >= 4 is 29.7 Å². The van der Waals surface area contributed by atoms with Gasteiger partial charge in [0.1, 0.15) is 5.71 Å². The Balaban J connectivity index is 0.000000245. The second-order valence-corrected chi connectivity index (χ2v) is 6.97. The number of aldehydes is 1. The van der Waals surface area contributed by atoms with Crippen molar-refractivity contribution in [2.45, 2.75) is 25.1 Å². The Morgan fingerprint density at radius 1 is 1.36 bits per heavy atom. The molecule has 0 saturated carbocycles. The molecule has 0 spiro atoms. The van der Waals surface area contributed by atoms with E-state index in [1.165, 1.54) is 12.4 Å². The number of aliphatic hydroxyl groups is 1. The highest BCUT2D eigenvalue weighted by Crippen LogP contribution is 2.34. The van der Waals surface area contributed by atoms with Crippen LogP contribution in [0.2, 0.25) is 0 Å². The first-order valence-electron chi connectivity index (χ1n) is 10.1. The summed E-state index contributed by atoms with van der Waals surface area (Å²) in [6.45, 7) is 4.66. The van der Waals surface area contributed by atoms with E-state index in [4.69, 9.17) is 4.42 Å². The highest BCUT2D eigenvalue weighted by molar-refractivity contribution is 6.37. The number of halogens is 3. The standard InChI is InChI=1S/C12H16F3N3O.C10H10N2O2/c1-16-10-6-8(12(13,14)15)7-17-11(10)18-4-2-9(19)3-5-18;1-3-12-9(6-11-2)10-5-4-8(7-13)14-10/h6-7,9,16,19H,2-5H2,1H3;3-7H,1H2,2H3. The molecule has 1 saturated heterocycles. The van der Waals surface area contributed by atoms with E-state index in [2.05, 4.69) is 26.9 Å². The van der Waals surface area contributed by atoms with Crippen LogP contribution in [0.15, 0.2) is 51.6 Å². The van der Waals surface area contributed by atoms with Gasteiger partial charge in [-0.05, 0) is 31.0 Å². The number of nitrogens with zero attached hydrogens (tertiary/aromatic N) is 4. The summed E-state index contributed by atoms with van der Waals surface area (Å²) in [5, 5.41) is 12.2. The van der Waals surface area contributed by atoms with E-state index in [0.717, 1.165) is 12.3 Å². The van der Waals surface area contributed by atoms with Crippen molar-refractivity contribution in [3.8, 4) is 0 Å². The number of nitrogens with one attached hydrogen (secondary N) is 1. The Bertz CT molecular complexity index is 993. The van der Waals surface area contributed by atoms with Crippen LogP contribution in [0.3, 0.4) is 0 Å². The monoisotopic (exact) mass is 465 g/mol. The summed E-state index contributed by atoms with van der Waals surface area (Å²) >= 11 is 0. The highest BCUT2D eigenvalue weighted by atomic mass is 19.4. The number of piperidine rings is 1. The van der Waals surface area contributed by atoms with Crippen molar-refractivity contribution < 1.29 is 27.5 Å². The molecule has 3 rings (SSSR count). The molecule has 178 valence electrons. The zero-order chi connectivity index (χ0) is 24.4. The van der Waals surface area contributed by atoms with Crippen LogP contribution in [-0.2, 0) is 6.18 Å². The van der Waals surface area contributed by atoms with Gasteiger partial charge in [0.05, 0.1) is 23.6 Å². The molecule has 2 N–H and O–H groups in total. The van der Waals surface area contributed by atoms with Gasteiger partial charge < -0.3 is 19.7 Å². The van der Waals surface area contributed by atoms with Gasteiger partial charge in [-0.2, -0.15) is 13.2 Å². The van der Waals surface area contributed by atoms with Crippen LogP contribution in [0.4, 0.5) is 24.7 Å². The van der Waals surface area contributed by atoms with E-state index in [1.807, 2.05) is 4.90 Å². The summed E-state index contributed by atoms with van der Waals surface area (Å²) in [4.78, 5) is 24.0. The molecular weight excluding hydrogens is 439 g/mol. The number of carbonyl (C=O) groups is 1. The van der Waals surface area contributed by atoms with Crippen LogP contribution in [0, 0.1) is 0 Å². The minimum absolute atomic E-state index is 0.265. The first kappa shape index (κ1) is 25.8. The molecule has 0 bridgehead atoms. The third kappa shape index (κ3) is 7.28. The number of pyridine rings is 1. The van der Waals surface area contributed by atoms with Gasteiger partial charge in [0.15, 0.2) is 23.6 Å². The molecule has 0 amide bonds. The molecule has 11 heteroatoms. The fourth-order valence-corrected chi connectivity index (χ4v) is 3.06. The molecule has 0 aromatic carbocycles. The molecule has 0 unspecified atom stereocenters. The second-order valence-electron chi connectivity index (χ2n) is 6.97. The number of hydrogen-bond donors (Lipinski definition) is 2. The lowest BCUT2D eigenvalue weighted by atomic mass is 10.1. The van der Waals surface area contributed by atoms with Crippen LogP contribution in [-0.4, -0.2) is 61.6 Å². The quantitative estimate of drug-likeness (QED) is 0.497. The number of aliphatic hydroxyl groups excluding tert-OH is 1. The maximum Gasteiger partial charge on any atom is 0.417 e. The van der Waals surface area contributed by atoms with E-state index in [1.54, 1.807) is 26.2 Å². The van der Waals surface area contributed by atoms with Crippen molar-refractivity contribution in [1.29, 1.82) is 0 Å². The van der Waals surface area contributed by atoms with Crippen molar-refractivity contribution in [2.24, 2.45) is 9.98 Å². The maximum atomic E-state index is 12.6. The fraction of sp³-hybridized carbons (Fsp3) is 0.364. The molecule has 0 atom stereocenters. The second kappa shape index (κ2) is 12.0. The number of anilines is 2. The predicted octanol–water partition coefficient (Wildman–Crippen LogP) is 3.83. The normalized spacial score (nSPS) is 15.2. The minimum atomic E-state index is -4.39. The lowest BCUT2D eigenvalue weighted by Crippen LogP contribution is -2.36. The average molecular weight is 465 g/mol. The number of furan rings is 1. The van der Waals surface area contributed by atoms with Crippen molar-refractivity contribution in [3.05, 3.63) is 54.3 Å². The Morgan fingerprint density at radius 3 is 2.58 bits per heavy atom. The lowest BCUT2D eigenvalue weighted by molar-refractivity contribution is -0.137. The van der Waals surface area contributed by atoms with E-state index in [9.17, 15) is 23.1 Å². The molecule has 0 radical (unpaired) electrons. The molecule has 1 fully saturated rings. The zero-order valence-electron chi connectivity index (χ0n) is 18.3. The van der Waals surface area contributed by atoms with Gasteiger partial charge in [-0.25, -0.2) is 4.98 Å². The fourth-order valence-electron chi connectivity index (χ4n) is 3.06. The van der Waals surface area contributed by atoms with Crippen LogP contribution >= 0.6 is 0 Å². The molecule has 2 aromatic rings. The third-order valence-corrected chi connectivity index (χ3v) is 4.70. The van der Waals surface area contributed by atoms with Crippen LogP contribution in [0.5, 0.6) is 0 Å². The summed E-state index contributed by atoms with van der Waals surface area (Å²) in [5.74, 6) is 1.27. The summed E-state index contributed by atoms with van der Waals surface area (Å²) in [5.41, 5.74) is 0.124. The van der Waals surface area contributed by atoms with Gasteiger partial charge in [0.25, 0.3) is 0 Å². The largest absolute Gasteiger partial charge is 0.452 e. The number of aliphatic imine (C=N–C) groups is 2. The summed E-state index contributed by atoms with van der Waals surface area (Å²) in [6, 6.07) is 4.30. The Hall–Kier alpha value is -3.47. The van der Waals surface area contributed by atoms with Gasteiger partial charge in [0, 0.05) is 39.6 Å². The molecule has 1 aliphatic heterocycles. The van der Waals surface area contributed by atoms with Gasteiger partial charge in [-0.1, -0.05) is 6.58 Å². The predicted molar refractivity (Wildman–Crippen MR) is 121 cm³/mol. The Labute approximate surface area is 189 Å². The molecule has 0 aliphatic carbocycles. The smallest absolute Gasteiger partial charge is 0.417 e. The van der Waals surface area contributed by atoms with Crippen molar-refractivity contribution in [1.82, 2.24) is 4.98 Å². The van der Waals surface area contributed by atoms with E-state index in [-0.39, 0.29) is 11.9 Å². The average Bonchev–Trinajstić information content (AvgIpc) is 3.28. The molecule has 3 heterocycles. The minimum Gasteiger partial charge on any atom is -0.452 e. The summed E-state index contributed by atoms with van der Waals surface area (Å²) < 4.78 is 43.0. The van der Waals surface area contributed by atoms with E-state index >= 15 is 0 Å². The zero-order valence-corrected chi connectivity index (χ0v) is 18.3. The van der Waals surface area contributed by atoms with E-state index in [0.29, 0.717) is 55.2 Å². The first-order chi connectivity index (χ1) is 15.7. The third-order valence-electron chi connectivity index (χ3n) is 4.70. The first-order valence-corrected chi connectivity index (χ1v) is 10.1. The summed E-state index contributed by atoms with van der Waals surface area (Å²) in [7, 11) is 3.20. The van der Waals surface area contributed by atoms with Crippen LogP contribution in [0.1, 0.15) is 34.7 Å². The molecule has 1 aliphatic rings. The Morgan fingerprint density at radius 2 is 2.06 bits per heavy atom. The molecule has 8 nitrogen and oxygen atoms in total. The lowest BCUT2D eigenvalue weighted by Gasteiger charge is -2.31. The van der Waals surface area contributed by atoms with Gasteiger partial charge in [-0.3, -0.25) is 14.8 Å². The van der Waals surface area contributed by atoms with Crippen molar-refractivity contribution in [3.63, 3.8) is 0 Å². The number of aromatic nitrogens is 1. The van der Waals surface area contributed by atoms with Gasteiger partial charge in [-0.15, -0.1) is 0 Å². The van der Waals surface area contributed by atoms with Gasteiger partial charge in [0.2, 0.25) is 0 Å². The molecular formula is C22H26F3N5O3. The van der Waals surface area contributed by atoms with Crippen molar-refractivity contribution in [2.75, 3.05) is 37.4 Å². The SMILES string of the molecule is C=CN=C(C=NC)c1ccc(C=O)o1.CNc1cc(C(F)(F)F)cnc1N1CCC(O)CC1. The number of rotatable bonds is 6. The number of alkyl halides is 3. The van der Waals surface area contributed by atoms with E-state index < -0.39 is 11.7 Å². The van der Waals surface area contributed by atoms with Gasteiger partial charge >= 0.3 is 6.18 Å². The molecule has 2 aromatic heterocycles. The van der Waals surface area contributed by atoms with Crippen LogP contribution < -0.4 is 10.2 Å². The molecule has 33 heavy (non-hydrogen) atoms. The number of hydrogen-bond acceptors (Lipinski definition) is 8. The number of carbonyl (C=O) groups excluding carboxylic acids is 1. The topological polar surface area (TPSA) is 103 Å².